The van der Waals surface area contributed by atoms with Crippen LogP contribution in [0.1, 0.15) is 16.3 Å². The summed E-state index contributed by atoms with van der Waals surface area (Å²) in [5, 5.41) is 15.1. The Morgan fingerprint density at radius 3 is 2.64 bits per heavy atom. The third kappa shape index (κ3) is 3.51. The minimum absolute atomic E-state index is 0.00272. The number of hydrogen-bond acceptors (Lipinski definition) is 6. The molecule has 0 saturated heterocycles. The predicted molar refractivity (Wildman–Crippen MR) is 102 cm³/mol. The second-order valence-electron chi connectivity index (χ2n) is 5.86. The number of carbonyl (C=O) groups is 1. The van der Waals surface area contributed by atoms with Gasteiger partial charge in [-0.3, -0.25) is 14.9 Å². The van der Waals surface area contributed by atoms with Crippen LogP contribution >= 0.6 is 0 Å². The molecule has 0 bridgehead atoms. The number of furan rings is 2. The summed E-state index contributed by atoms with van der Waals surface area (Å²) >= 11 is 0. The zero-order valence-electron chi connectivity index (χ0n) is 14.4. The molecule has 0 saturated carbocycles. The van der Waals surface area contributed by atoms with Gasteiger partial charge in [0.1, 0.15) is 17.1 Å². The summed E-state index contributed by atoms with van der Waals surface area (Å²) in [4.78, 5) is 22.5. The van der Waals surface area contributed by atoms with Crippen molar-refractivity contribution in [3.8, 4) is 11.3 Å². The Balaban J connectivity index is 1.45. The van der Waals surface area contributed by atoms with E-state index >= 15 is 0 Å². The predicted octanol–water partition coefficient (Wildman–Crippen LogP) is 4.36. The highest BCUT2D eigenvalue weighted by Crippen LogP contribution is 2.24. The van der Waals surface area contributed by atoms with Crippen LogP contribution in [0, 0.1) is 10.1 Å². The number of rotatable bonds is 5. The van der Waals surface area contributed by atoms with E-state index in [1.54, 1.807) is 6.07 Å². The minimum atomic E-state index is -0.579. The maximum absolute atomic E-state index is 12.2. The smallest absolute Gasteiger partial charge is 0.307 e. The lowest BCUT2D eigenvalue weighted by Crippen LogP contribution is -2.16. The first-order chi connectivity index (χ1) is 13.6. The summed E-state index contributed by atoms with van der Waals surface area (Å²) in [6.07, 6.45) is 1.37. The standard InChI is InChI=1S/C20H13N3O5/c24-20(19-11-14-10-15(23(25)26)6-8-18(14)28-19)22-21-12-16-7-9-17(27-16)13-4-2-1-3-5-13/h1-12H,(H,22,24)/b21-12-. The van der Waals surface area contributed by atoms with E-state index in [9.17, 15) is 14.9 Å². The van der Waals surface area contributed by atoms with E-state index in [4.69, 9.17) is 8.83 Å². The molecule has 2 heterocycles. The molecule has 0 spiro atoms. The van der Waals surface area contributed by atoms with Gasteiger partial charge in [0.2, 0.25) is 0 Å². The minimum Gasteiger partial charge on any atom is -0.455 e. The molecule has 0 aliphatic rings. The number of nitro groups is 1. The summed E-state index contributed by atoms with van der Waals surface area (Å²) < 4.78 is 11.1. The monoisotopic (exact) mass is 375 g/mol. The van der Waals surface area contributed by atoms with E-state index in [1.165, 1.54) is 30.5 Å². The van der Waals surface area contributed by atoms with Crippen molar-refractivity contribution in [1.29, 1.82) is 0 Å². The molecule has 0 atom stereocenters. The van der Waals surface area contributed by atoms with Crippen LogP contribution < -0.4 is 5.43 Å². The molecule has 1 amide bonds. The van der Waals surface area contributed by atoms with Crippen molar-refractivity contribution in [2.24, 2.45) is 5.10 Å². The van der Waals surface area contributed by atoms with Gasteiger partial charge < -0.3 is 8.83 Å². The number of hydrogen-bond donors (Lipinski definition) is 1. The van der Waals surface area contributed by atoms with E-state index < -0.39 is 10.8 Å². The molecule has 8 heteroatoms. The molecule has 0 unspecified atom stereocenters. The third-order valence-electron chi connectivity index (χ3n) is 3.98. The third-order valence-corrected chi connectivity index (χ3v) is 3.98. The maximum Gasteiger partial charge on any atom is 0.307 e. The van der Waals surface area contributed by atoms with E-state index in [-0.39, 0.29) is 11.4 Å². The fraction of sp³-hybridized carbons (Fsp3) is 0. The lowest BCUT2D eigenvalue weighted by molar-refractivity contribution is -0.384. The summed E-state index contributed by atoms with van der Waals surface area (Å²) in [6, 6.07) is 18.7. The van der Waals surface area contributed by atoms with E-state index in [2.05, 4.69) is 10.5 Å². The normalized spacial score (nSPS) is 11.1. The lowest BCUT2D eigenvalue weighted by atomic mass is 10.2. The number of benzene rings is 2. The van der Waals surface area contributed by atoms with E-state index in [0.717, 1.165) is 5.56 Å². The molecular weight excluding hydrogens is 362 g/mol. The van der Waals surface area contributed by atoms with Crippen LogP contribution in [-0.4, -0.2) is 17.0 Å². The zero-order chi connectivity index (χ0) is 19.5. The van der Waals surface area contributed by atoms with Gasteiger partial charge in [-0.1, -0.05) is 30.3 Å². The highest BCUT2D eigenvalue weighted by Gasteiger charge is 2.14. The van der Waals surface area contributed by atoms with Gasteiger partial charge in [-0.2, -0.15) is 5.10 Å². The van der Waals surface area contributed by atoms with Crippen LogP contribution in [0.25, 0.3) is 22.3 Å². The Kier molecular flexibility index (Phi) is 4.43. The first-order valence-corrected chi connectivity index (χ1v) is 8.27. The molecule has 4 aromatic rings. The number of nitrogens with one attached hydrogen (secondary N) is 1. The summed E-state index contributed by atoms with van der Waals surface area (Å²) in [5.74, 6) is 0.577. The molecule has 0 aliphatic heterocycles. The maximum atomic E-state index is 12.2. The topological polar surface area (TPSA) is 111 Å². The van der Waals surface area contributed by atoms with Gasteiger partial charge >= 0.3 is 5.91 Å². The number of amides is 1. The van der Waals surface area contributed by atoms with Crippen LogP contribution in [0.15, 0.2) is 80.7 Å². The molecule has 0 radical (unpaired) electrons. The average Bonchev–Trinajstić information content (AvgIpc) is 3.35. The molecular formula is C20H13N3O5. The van der Waals surface area contributed by atoms with Crippen LogP contribution in [0.2, 0.25) is 0 Å². The SMILES string of the molecule is O=C(N/N=C\c1ccc(-c2ccccc2)o1)c1cc2cc([N+](=O)[O-])ccc2o1. The van der Waals surface area contributed by atoms with Crippen molar-refractivity contribution < 1.29 is 18.6 Å². The number of non-ortho nitro benzene ring substituents is 1. The summed E-state index contributed by atoms with van der Waals surface area (Å²) in [6.45, 7) is 0. The van der Waals surface area contributed by atoms with Crippen molar-refractivity contribution in [2.45, 2.75) is 0 Å². The van der Waals surface area contributed by atoms with Gasteiger partial charge in [-0.15, -0.1) is 0 Å². The van der Waals surface area contributed by atoms with Crippen molar-refractivity contribution in [1.82, 2.24) is 5.43 Å². The number of nitro benzene ring substituents is 1. The fourth-order valence-corrected chi connectivity index (χ4v) is 2.65. The number of carbonyl (C=O) groups excluding carboxylic acids is 1. The first kappa shape index (κ1) is 17.2. The molecule has 2 aromatic carbocycles. The van der Waals surface area contributed by atoms with Gasteiger partial charge in [0, 0.05) is 23.1 Å². The number of nitrogens with zero attached hydrogens (tertiary/aromatic N) is 2. The van der Waals surface area contributed by atoms with Gasteiger partial charge in [0.25, 0.3) is 5.69 Å². The van der Waals surface area contributed by atoms with Gasteiger partial charge in [-0.25, -0.2) is 5.43 Å². The Morgan fingerprint density at radius 2 is 1.86 bits per heavy atom. The summed E-state index contributed by atoms with van der Waals surface area (Å²) in [7, 11) is 0. The molecule has 1 N–H and O–H groups in total. The number of fused-ring (bicyclic) bond motifs is 1. The lowest BCUT2D eigenvalue weighted by Gasteiger charge is -1.95. The van der Waals surface area contributed by atoms with Crippen molar-refractivity contribution in [2.75, 3.05) is 0 Å². The van der Waals surface area contributed by atoms with Gasteiger partial charge in [0.05, 0.1) is 11.1 Å². The Morgan fingerprint density at radius 1 is 1.04 bits per heavy atom. The highest BCUT2D eigenvalue weighted by atomic mass is 16.6. The molecule has 28 heavy (non-hydrogen) atoms. The van der Waals surface area contributed by atoms with E-state index in [0.29, 0.717) is 22.5 Å². The summed E-state index contributed by atoms with van der Waals surface area (Å²) in [5.41, 5.74) is 3.57. The first-order valence-electron chi connectivity index (χ1n) is 8.27. The van der Waals surface area contributed by atoms with Gasteiger partial charge in [-0.05, 0) is 24.3 Å². The average molecular weight is 375 g/mol. The van der Waals surface area contributed by atoms with Crippen molar-refractivity contribution in [3.05, 3.63) is 88.4 Å². The fourth-order valence-electron chi connectivity index (χ4n) is 2.65. The van der Waals surface area contributed by atoms with E-state index in [1.807, 2.05) is 36.4 Å². The van der Waals surface area contributed by atoms with Crippen LogP contribution in [0.5, 0.6) is 0 Å². The van der Waals surface area contributed by atoms with Gasteiger partial charge in [0.15, 0.2) is 5.76 Å². The molecule has 0 aliphatic carbocycles. The quantitative estimate of drug-likeness (QED) is 0.316. The molecule has 8 nitrogen and oxygen atoms in total. The van der Waals surface area contributed by atoms with Crippen LogP contribution in [0.4, 0.5) is 5.69 Å². The van der Waals surface area contributed by atoms with Crippen LogP contribution in [-0.2, 0) is 0 Å². The number of hydrazone groups is 1. The van der Waals surface area contributed by atoms with Crippen molar-refractivity contribution in [3.63, 3.8) is 0 Å². The second-order valence-corrected chi connectivity index (χ2v) is 5.86. The largest absolute Gasteiger partial charge is 0.455 e. The Hall–Kier alpha value is -4.20. The Labute approximate surface area is 158 Å². The zero-order valence-corrected chi connectivity index (χ0v) is 14.4. The Bertz CT molecular complexity index is 1190. The van der Waals surface area contributed by atoms with Crippen LogP contribution in [0.3, 0.4) is 0 Å². The highest BCUT2D eigenvalue weighted by molar-refractivity contribution is 5.96. The second kappa shape index (κ2) is 7.20. The molecule has 138 valence electrons. The van der Waals surface area contributed by atoms with Crippen molar-refractivity contribution >= 4 is 28.8 Å². The molecule has 4 rings (SSSR count). The molecule has 0 fully saturated rings. The molecule has 2 aromatic heterocycles.